The number of piperazine rings is 1. The Bertz CT molecular complexity index is 959. The minimum absolute atomic E-state index is 0.0392. The molecule has 0 aliphatic carbocycles. The van der Waals surface area contributed by atoms with Gasteiger partial charge >= 0.3 is 5.63 Å². The van der Waals surface area contributed by atoms with Crippen molar-refractivity contribution in [3.05, 3.63) is 46.3 Å². The first kappa shape index (κ1) is 17.6. The van der Waals surface area contributed by atoms with Gasteiger partial charge in [-0.05, 0) is 12.1 Å². The molecular formula is C16H19N3O5S. The van der Waals surface area contributed by atoms with Gasteiger partial charge in [-0.15, -0.1) is 0 Å². The zero-order chi connectivity index (χ0) is 18.2. The molecule has 2 aromatic rings. The van der Waals surface area contributed by atoms with Crippen LogP contribution in [0.3, 0.4) is 0 Å². The lowest BCUT2D eigenvalue weighted by Crippen LogP contribution is -2.53. The third-order valence-electron chi connectivity index (χ3n) is 4.19. The van der Waals surface area contributed by atoms with Crippen molar-refractivity contribution in [2.75, 3.05) is 40.3 Å². The predicted molar refractivity (Wildman–Crippen MR) is 92.6 cm³/mol. The molecule has 1 amide bonds. The Kier molecular flexibility index (Phi) is 4.63. The van der Waals surface area contributed by atoms with Crippen molar-refractivity contribution in [2.24, 2.45) is 0 Å². The molecule has 1 aliphatic heterocycles. The summed E-state index contributed by atoms with van der Waals surface area (Å²) in [6.45, 7) is 0.812. The van der Waals surface area contributed by atoms with Gasteiger partial charge in [-0.2, -0.15) is 17.0 Å². The number of hydrogen-bond acceptors (Lipinski definition) is 5. The van der Waals surface area contributed by atoms with Gasteiger partial charge in [0.2, 0.25) is 0 Å². The molecule has 0 spiro atoms. The summed E-state index contributed by atoms with van der Waals surface area (Å²) in [5, 5.41) is 0.666. The third-order valence-corrected chi connectivity index (χ3v) is 6.13. The molecule has 9 heteroatoms. The van der Waals surface area contributed by atoms with E-state index in [0.717, 1.165) is 4.31 Å². The molecule has 0 N–H and O–H groups in total. The number of para-hydroxylation sites is 1. The zero-order valence-corrected chi connectivity index (χ0v) is 14.8. The Labute approximate surface area is 145 Å². The summed E-state index contributed by atoms with van der Waals surface area (Å²) in [6, 6.07) is 8.48. The van der Waals surface area contributed by atoms with E-state index in [1.807, 2.05) is 0 Å². The fourth-order valence-corrected chi connectivity index (χ4v) is 3.82. The van der Waals surface area contributed by atoms with Crippen molar-refractivity contribution in [1.29, 1.82) is 0 Å². The van der Waals surface area contributed by atoms with E-state index in [-0.39, 0.29) is 31.7 Å². The average Bonchev–Trinajstić information content (AvgIpc) is 2.60. The van der Waals surface area contributed by atoms with Gasteiger partial charge < -0.3 is 9.32 Å². The molecule has 134 valence electrons. The van der Waals surface area contributed by atoms with Crippen LogP contribution in [-0.4, -0.2) is 68.1 Å². The van der Waals surface area contributed by atoms with Gasteiger partial charge in [0.05, 0.1) is 0 Å². The Morgan fingerprint density at radius 2 is 1.76 bits per heavy atom. The summed E-state index contributed by atoms with van der Waals surface area (Å²) >= 11 is 0. The van der Waals surface area contributed by atoms with Crippen molar-refractivity contribution in [3.63, 3.8) is 0 Å². The summed E-state index contributed by atoms with van der Waals surface area (Å²) in [5.74, 6) is -0.443. The fourth-order valence-electron chi connectivity index (χ4n) is 2.73. The number of amides is 1. The molecule has 3 rings (SSSR count). The second-order valence-corrected chi connectivity index (χ2v) is 8.11. The van der Waals surface area contributed by atoms with Crippen molar-refractivity contribution in [1.82, 2.24) is 13.5 Å². The number of rotatable bonds is 3. The Balaban J connectivity index is 1.80. The maximum absolute atomic E-state index is 12.6. The van der Waals surface area contributed by atoms with Crippen LogP contribution in [-0.2, 0) is 10.2 Å². The van der Waals surface area contributed by atoms with Crippen molar-refractivity contribution >= 4 is 27.1 Å². The molecule has 25 heavy (non-hydrogen) atoms. The van der Waals surface area contributed by atoms with E-state index in [2.05, 4.69) is 0 Å². The average molecular weight is 365 g/mol. The molecule has 8 nitrogen and oxygen atoms in total. The molecule has 1 aromatic carbocycles. The number of nitrogens with zero attached hydrogens (tertiary/aromatic N) is 3. The molecule has 0 saturated carbocycles. The Morgan fingerprint density at radius 1 is 1.12 bits per heavy atom. The number of hydrogen-bond donors (Lipinski definition) is 0. The second-order valence-electron chi connectivity index (χ2n) is 5.97. The molecule has 0 bridgehead atoms. The van der Waals surface area contributed by atoms with Gasteiger partial charge in [-0.25, -0.2) is 4.79 Å². The third kappa shape index (κ3) is 3.30. The van der Waals surface area contributed by atoms with Crippen LogP contribution in [0.2, 0.25) is 0 Å². The lowest BCUT2D eigenvalue weighted by molar-refractivity contribution is 0.0691. The molecule has 2 heterocycles. The molecule has 1 aromatic heterocycles. The van der Waals surface area contributed by atoms with E-state index in [4.69, 9.17) is 4.42 Å². The van der Waals surface area contributed by atoms with E-state index in [0.29, 0.717) is 11.0 Å². The van der Waals surface area contributed by atoms with Crippen molar-refractivity contribution in [2.45, 2.75) is 0 Å². The molecule has 1 saturated heterocycles. The van der Waals surface area contributed by atoms with E-state index in [1.165, 1.54) is 29.4 Å². The smallest absolute Gasteiger partial charge is 0.349 e. The predicted octanol–water partition coefficient (Wildman–Crippen LogP) is 0.357. The van der Waals surface area contributed by atoms with E-state index in [9.17, 15) is 18.0 Å². The quantitative estimate of drug-likeness (QED) is 0.733. The normalized spacial score (nSPS) is 16.5. The van der Waals surface area contributed by atoms with Crippen LogP contribution in [0.1, 0.15) is 10.4 Å². The van der Waals surface area contributed by atoms with Crippen LogP contribution in [0.15, 0.2) is 39.5 Å². The number of benzene rings is 1. The number of carbonyl (C=O) groups is 1. The van der Waals surface area contributed by atoms with Crippen LogP contribution < -0.4 is 5.63 Å². The summed E-state index contributed by atoms with van der Waals surface area (Å²) in [4.78, 5) is 26.2. The van der Waals surface area contributed by atoms with Crippen molar-refractivity contribution in [3.8, 4) is 0 Å². The van der Waals surface area contributed by atoms with Gasteiger partial charge in [0.25, 0.3) is 16.1 Å². The second kappa shape index (κ2) is 6.58. The van der Waals surface area contributed by atoms with Gasteiger partial charge in [0.1, 0.15) is 11.1 Å². The van der Waals surface area contributed by atoms with Crippen LogP contribution in [0.25, 0.3) is 11.0 Å². The maximum atomic E-state index is 12.6. The Morgan fingerprint density at radius 3 is 2.40 bits per heavy atom. The minimum Gasteiger partial charge on any atom is -0.422 e. The number of fused-ring (bicyclic) bond motifs is 1. The highest BCUT2D eigenvalue weighted by atomic mass is 32.2. The van der Waals surface area contributed by atoms with E-state index >= 15 is 0 Å². The summed E-state index contributed by atoms with van der Waals surface area (Å²) in [5.41, 5.74) is -0.305. The molecule has 0 unspecified atom stereocenters. The summed E-state index contributed by atoms with van der Waals surface area (Å²) < 4.78 is 31.9. The van der Waals surface area contributed by atoms with Gasteiger partial charge in [-0.3, -0.25) is 4.79 Å². The molecule has 1 fully saturated rings. The molecule has 1 aliphatic rings. The lowest BCUT2D eigenvalue weighted by atomic mass is 10.1. The van der Waals surface area contributed by atoms with Crippen LogP contribution in [0.4, 0.5) is 0 Å². The first-order valence-corrected chi connectivity index (χ1v) is 9.20. The minimum atomic E-state index is -3.50. The lowest BCUT2D eigenvalue weighted by Gasteiger charge is -2.35. The number of carbonyl (C=O) groups excluding carboxylic acids is 1. The topological polar surface area (TPSA) is 91.1 Å². The highest BCUT2D eigenvalue weighted by Crippen LogP contribution is 2.15. The standard InChI is InChI=1S/C16H19N3O5S/c1-17(2)25(22,23)19-9-7-18(8-10-19)15(20)13-11-12-5-3-4-6-14(12)24-16(13)21/h3-6,11H,7-10H2,1-2H3. The van der Waals surface area contributed by atoms with Gasteiger partial charge in [0.15, 0.2) is 0 Å². The fraction of sp³-hybridized carbons (Fsp3) is 0.375. The van der Waals surface area contributed by atoms with Crippen LogP contribution >= 0.6 is 0 Å². The zero-order valence-electron chi connectivity index (χ0n) is 14.0. The summed E-state index contributed by atoms with van der Waals surface area (Å²) in [7, 11) is -0.571. The van der Waals surface area contributed by atoms with Gasteiger partial charge in [-0.1, -0.05) is 18.2 Å². The van der Waals surface area contributed by atoms with E-state index in [1.54, 1.807) is 24.3 Å². The highest BCUT2D eigenvalue weighted by Gasteiger charge is 2.31. The first-order chi connectivity index (χ1) is 11.8. The van der Waals surface area contributed by atoms with E-state index < -0.39 is 21.7 Å². The molecule has 0 radical (unpaired) electrons. The van der Waals surface area contributed by atoms with Gasteiger partial charge in [0, 0.05) is 45.7 Å². The molecule has 0 atom stereocenters. The largest absolute Gasteiger partial charge is 0.422 e. The SMILES string of the molecule is CN(C)S(=O)(=O)N1CCN(C(=O)c2cc3ccccc3oc2=O)CC1. The first-order valence-electron chi connectivity index (χ1n) is 7.80. The summed E-state index contributed by atoms with van der Waals surface area (Å²) in [6.07, 6.45) is 0. The highest BCUT2D eigenvalue weighted by molar-refractivity contribution is 7.86. The van der Waals surface area contributed by atoms with Crippen molar-refractivity contribution < 1.29 is 17.6 Å². The molecular weight excluding hydrogens is 346 g/mol. The van der Waals surface area contributed by atoms with Crippen LogP contribution in [0.5, 0.6) is 0 Å². The van der Waals surface area contributed by atoms with Crippen LogP contribution in [0, 0.1) is 0 Å². The Hall–Kier alpha value is -2.23. The maximum Gasteiger partial charge on any atom is 0.349 e. The monoisotopic (exact) mass is 365 g/mol.